The van der Waals surface area contributed by atoms with Crippen LogP contribution in [0.25, 0.3) is 10.2 Å². The summed E-state index contributed by atoms with van der Waals surface area (Å²) in [5.41, 5.74) is 1.48. The van der Waals surface area contributed by atoms with E-state index in [0.717, 1.165) is 9.86 Å². The summed E-state index contributed by atoms with van der Waals surface area (Å²) in [6.07, 6.45) is 11.9. The number of aromatic nitrogens is 2. The molecule has 0 fully saturated rings. The van der Waals surface area contributed by atoms with Crippen LogP contribution in [0.1, 0.15) is 23.3 Å². The largest absolute Gasteiger partial charge is 0.229 e. The molecule has 0 radical (unpaired) electrons. The van der Waals surface area contributed by atoms with Gasteiger partial charge in [0.25, 0.3) is 0 Å². The summed E-state index contributed by atoms with van der Waals surface area (Å²) in [6, 6.07) is 0. The van der Waals surface area contributed by atoms with Gasteiger partial charge in [0.15, 0.2) is 0 Å². The number of hydrogen-bond acceptors (Lipinski definition) is 4. The highest BCUT2D eigenvalue weighted by molar-refractivity contribution is 7.99. The normalized spacial score (nSPS) is 14.5. The maximum Gasteiger partial charge on any atom is 0.128 e. The van der Waals surface area contributed by atoms with Crippen molar-refractivity contribution in [2.45, 2.75) is 30.7 Å². The Kier molecular flexibility index (Phi) is 3.04. The predicted molar refractivity (Wildman–Crippen MR) is 73.6 cm³/mol. The Labute approximate surface area is 109 Å². The van der Waals surface area contributed by atoms with Gasteiger partial charge in [-0.15, -0.1) is 17.8 Å². The summed E-state index contributed by atoms with van der Waals surface area (Å²) in [4.78, 5) is 11.4. The quantitative estimate of drug-likeness (QED) is 0.471. The summed E-state index contributed by atoms with van der Waals surface area (Å²) < 4.78 is 0. The number of rotatable bonds is 2. The van der Waals surface area contributed by atoms with Crippen molar-refractivity contribution in [1.82, 2.24) is 9.97 Å². The van der Waals surface area contributed by atoms with Crippen molar-refractivity contribution in [3.05, 3.63) is 16.8 Å². The molecule has 1 aliphatic carbocycles. The standard InChI is InChI=1S/C13H12N2S2/c1-2-7-16-12-11-9-5-3-4-6-10(9)17-13(11)15-8-14-12/h1,8H,3-7H2. The number of aryl methyl sites for hydroxylation is 2. The van der Waals surface area contributed by atoms with E-state index in [9.17, 15) is 0 Å². The molecule has 0 aliphatic heterocycles. The zero-order valence-corrected chi connectivity index (χ0v) is 11.0. The lowest BCUT2D eigenvalue weighted by Gasteiger charge is -2.10. The number of fused-ring (bicyclic) bond motifs is 3. The molecule has 0 atom stereocenters. The van der Waals surface area contributed by atoms with Gasteiger partial charge in [0, 0.05) is 10.3 Å². The SMILES string of the molecule is C#CCSc1ncnc2sc3c(c12)CCCC3. The van der Waals surface area contributed by atoms with Gasteiger partial charge in [-0.3, -0.25) is 0 Å². The second-order valence-corrected chi connectivity index (χ2v) is 6.11. The van der Waals surface area contributed by atoms with Crippen molar-refractivity contribution in [3.63, 3.8) is 0 Å². The Morgan fingerprint density at radius 2 is 2.24 bits per heavy atom. The van der Waals surface area contributed by atoms with E-state index in [1.54, 1.807) is 18.1 Å². The van der Waals surface area contributed by atoms with E-state index in [-0.39, 0.29) is 0 Å². The van der Waals surface area contributed by atoms with Gasteiger partial charge < -0.3 is 0 Å². The highest BCUT2D eigenvalue weighted by atomic mass is 32.2. The van der Waals surface area contributed by atoms with Gasteiger partial charge in [0.2, 0.25) is 0 Å². The second kappa shape index (κ2) is 4.67. The summed E-state index contributed by atoms with van der Waals surface area (Å²) >= 11 is 3.48. The molecule has 0 saturated heterocycles. The zero-order chi connectivity index (χ0) is 11.7. The fourth-order valence-corrected chi connectivity index (χ4v) is 4.28. The van der Waals surface area contributed by atoms with Crippen molar-refractivity contribution in [2.24, 2.45) is 0 Å². The lowest BCUT2D eigenvalue weighted by molar-refractivity contribution is 0.699. The van der Waals surface area contributed by atoms with E-state index in [2.05, 4.69) is 15.9 Å². The molecule has 0 unspecified atom stereocenters. The van der Waals surface area contributed by atoms with Gasteiger partial charge in [0.1, 0.15) is 16.2 Å². The van der Waals surface area contributed by atoms with E-state index in [4.69, 9.17) is 6.42 Å². The second-order valence-electron chi connectivity index (χ2n) is 4.06. The Balaban J connectivity index is 2.16. The van der Waals surface area contributed by atoms with Crippen LogP contribution in [-0.4, -0.2) is 15.7 Å². The van der Waals surface area contributed by atoms with Gasteiger partial charge >= 0.3 is 0 Å². The van der Waals surface area contributed by atoms with Crippen LogP contribution < -0.4 is 0 Å². The van der Waals surface area contributed by atoms with Crippen LogP contribution in [0.3, 0.4) is 0 Å². The minimum Gasteiger partial charge on any atom is -0.229 e. The molecule has 0 saturated carbocycles. The molecule has 4 heteroatoms. The molecule has 0 bridgehead atoms. The Morgan fingerprint density at radius 3 is 3.12 bits per heavy atom. The molecule has 2 heterocycles. The monoisotopic (exact) mass is 260 g/mol. The fourth-order valence-electron chi connectivity index (χ4n) is 2.28. The van der Waals surface area contributed by atoms with Crippen LogP contribution in [0, 0.1) is 12.3 Å². The third kappa shape index (κ3) is 1.94. The minimum atomic E-state index is 0.677. The van der Waals surface area contributed by atoms with Crippen molar-refractivity contribution < 1.29 is 0 Å². The van der Waals surface area contributed by atoms with Crippen molar-refractivity contribution in [1.29, 1.82) is 0 Å². The molecule has 3 rings (SSSR count). The topological polar surface area (TPSA) is 25.8 Å². The predicted octanol–water partition coefficient (Wildman–Crippen LogP) is 3.30. The molecule has 0 N–H and O–H groups in total. The fraction of sp³-hybridized carbons (Fsp3) is 0.385. The summed E-state index contributed by atoms with van der Waals surface area (Å²) in [6.45, 7) is 0. The summed E-state index contributed by atoms with van der Waals surface area (Å²) in [5.74, 6) is 3.34. The van der Waals surface area contributed by atoms with Crippen LogP contribution in [0.2, 0.25) is 0 Å². The van der Waals surface area contributed by atoms with Gasteiger partial charge in [-0.2, -0.15) is 0 Å². The Hall–Kier alpha value is -1.05. The molecule has 17 heavy (non-hydrogen) atoms. The molecule has 2 aromatic heterocycles. The molecule has 2 aromatic rings. The molecular formula is C13H12N2S2. The maximum absolute atomic E-state index is 5.32. The van der Waals surface area contributed by atoms with E-state index >= 15 is 0 Å². The first-order chi connectivity index (χ1) is 8.40. The van der Waals surface area contributed by atoms with E-state index in [1.165, 1.54) is 41.5 Å². The number of terminal acetylenes is 1. The number of thiophene rings is 1. The molecule has 1 aliphatic rings. The first-order valence-corrected chi connectivity index (χ1v) is 7.52. The third-order valence-corrected chi connectivity index (χ3v) is 5.10. The average molecular weight is 260 g/mol. The highest BCUT2D eigenvalue weighted by Gasteiger charge is 2.19. The van der Waals surface area contributed by atoms with Crippen LogP contribution in [0.4, 0.5) is 0 Å². The summed E-state index contributed by atoms with van der Waals surface area (Å²) in [7, 11) is 0. The maximum atomic E-state index is 5.32. The van der Waals surface area contributed by atoms with Gasteiger partial charge in [-0.05, 0) is 31.2 Å². The van der Waals surface area contributed by atoms with Gasteiger partial charge in [-0.25, -0.2) is 9.97 Å². The molecule has 0 aromatic carbocycles. The van der Waals surface area contributed by atoms with Gasteiger partial charge in [0.05, 0.1) is 5.75 Å². The Bertz CT molecular complexity index is 595. The van der Waals surface area contributed by atoms with E-state index < -0.39 is 0 Å². The average Bonchev–Trinajstić information content (AvgIpc) is 2.75. The van der Waals surface area contributed by atoms with E-state index in [1.807, 2.05) is 11.3 Å². The smallest absolute Gasteiger partial charge is 0.128 e. The van der Waals surface area contributed by atoms with Crippen LogP contribution in [0.15, 0.2) is 11.4 Å². The summed E-state index contributed by atoms with van der Waals surface area (Å²) in [5, 5.41) is 2.33. The van der Waals surface area contributed by atoms with Crippen LogP contribution in [-0.2, 0) is 12.8 Å². The first-order valence-electron chi connectivity index (χ1n) is 5.71. The molecule has 0 spiro atoms. The molecule has 86 valence electrons. The first kappa shape index (κ1) is 11.1. The molecular weight excluding hydrogens is 248 g/mol. The molecule has 0 amide bonds. The van der Waals surface area contributed by atoms with Crippen molar-refractivity contribution >= 4 is 33.3 Å². The Morgan fingerprint density at radius 1 is 1.35 bits per heavy atom. The van der Waals surface area contributed by atoms with Crippen molar-refractivity contribution in [2.75, 3.05) is 5.75 Å². The molecule has 2 nitrogen and oxygen atoms in total. The zero-order valence-electron chi connectivity index (χ0n) is 9.40. The lowest BCUT2D eigenvalue weighted by Crippen LogP contribution is -1.99. The highest BCUT2D eigenvalue weighted by Crippen LogP contribution is 2.38. The number of thioether (sulfide) groups is 1. The van der Waals surface area contributed by atoms with Crippen LogP contribution in [0.5, 0.6) is 0 Å². The lowest BCUT2D eigenvalue weighted by atomic mass is 9.97. The van der Waals surface area contributed by atoms with Crippen molar-refractivity contribution in [3.8, 4) is 12.3 Å². The van der Waals surface area contributed by atoms with Gasteiger partial charge in [-0.1, -0.05) is 17.7 Å². The van der Waals surface area contributed by atoms with E-state index in [0.29, 0.717) is 5.75 Å². The third-order valence-electron chi connectivity index (χ3n) is 3.01. The minimum absolute atomic E-state index is 0.677. The number of nitrogens with zero attached hydrogens (tertiary/aromatic N) is 2. The van der Waals surface area contributed by atoms with Crippen LogP contribution >= 0.6 is 23.1 Å². The number of hydrogen-bond donors (Lipinski definition) is 0.